The molecular formula is C20H19NO5. The lowest BCUT2D eigenvalue weighted by Crippen LogP contribution is -2.38. The van der Waals surface area contributed by atoms with Gasteiger partial charge in [0.25, 0.3) is 5.91 Å². The van der Waals surface area contributed by atoms with Gasteiger partial charge in [-0.15, -0.1) is 0 Å². The van der Waals surface area contributed by atoms with Gasteiger partial charge < -0.3 is 14.4 Å². The molecule has 3 rings (SSSR count). The van der Waals surface area contributed by atoms with Gasteiger partial charge in [-0.25, -0.2) is 4.79 Å². The van der Waals surface area contributed by atoms with Gasteiger partial charge in [-0.1, -0.05) is 43.7 Å². The molecule has 1 aromatic heterocycles. The Labute approximate surface area is 149 Å². The fourth-order valence-corrected chi connectivity index (χ4v) is 2.96. The maximum atomic E-state index is 12.8. The zero-order chi connectivity index (χ0) is 18.7. The van der Waals surface area contributed by atoms with Crippen molar-refractivity contribution in [3.8, 4) is 0 Å². The van der Waals surface area contributed by atoms with E-state index >= 15 is 0 Å². The third-order valence-electron chi connectivity index (χ3n) is 4.27. The van der Waals surface area contributed by atoms with Crippen LogP contribution in [0.2, 0.25) is 0 Å². The van der Waals surface area contributed by atoms with Crippen molar-refractivity contribution in [2.75, 3.05) is 13.1 Å². The van der Waals surface area contributed by atoms with Crippen LogP contribution in [0, 0.1) is 0 Å². The highest BCUT2D eigenvalue weighted by Crippen LogP contribution is 2.25. The van der Waals surface area contributed by atoms with E-state index in [-0.39, 0.29) is 12.1 Å². The molecular weight excluding hydrogens is 334 g/mol. The predicted molar refractivity (Wildman–Crippen MR) is 98.4 cm³/mol. The minimum absolute atomic E-state index is 0.147. The maximum absolute atomic E-state index is 12.8. The molecule has 0 unspecified atom stereocenters. The van der Waals surface area contributed by atoms with E-state index in [1.54, 1.807) is 6.07 Å². The second-order valence-electron chi connectivity index (χ2n) is 6.12. The van der Waals surface area contributed by atoms with E-state index in [0.29, 0.717) is 17.4 Å². The zero-order valence-corrected chi connectivity index (χ0v) is 14.4. The van der Waals surface area contributed by atoms with Crippen molar-refractivity contribution in [2.45, 2.75) is 19.8 Å². The normalized spacial score (nSPS) is 11.0. The highest BCUT2D eigenvalue weighted by atomic mass is 16.4. The van der Waals surface area contributed by atoms with Crippen molar-refractivity contribution in [1.29, 1.82) is 0 Å². The summed E-state index contributed by atoms with van der Waals surface area (Å²) >= 11 is 0. The lowest BCUT2D eigenvalue weighted by atomic mass is 10.0. The topological polar surface area (TPSA) is 87.8 Å². The summed E-state index contributed by atoms with van der Waals surface area (Å²) in [5, 5.41) is 11.5. The number of unbranched alkanes of at least 4 members (excludes halogenated alkanes) is 1. The van der Waals surface area contributed by atoms with Crippen molar-refractivity contribution in [3.05, 3.63) is 58.4 Å². The molecule has 6 heteroatoms. The average molecular weight is 353 g/mol. The van der Waals surface area contributed by atoms with E-state index in [1.807, 2.05) is 37.3 Å². The average Bonchev–Trinajstić information content (AvgIpc) is 2.63. The summed E-state index contributed by atoms with van der Waals surface area (Å²) in [7, 11) is 0. The van der Waals surface area contributed by atoms with Crippen LogP contribution >= 0.6 is 0 Å². The quantitative estimate of drug-likeness (QED) is 0.543. The first-order valence-electron chi connectivity index (χ1n) is 8.48. The van der Waals surface area contributed by atoms with Crippen molar-refractivity contribution in [3.63, 3.8) is 0 Å². The summed E-state index contributed by atoms with van der Waals surface area (Å²) in [6.07, 6.45) is 1.46. The smallest absolute Gasteiger partial charge is 0.349 e. The highest BCUT2D eigenvalue weighted by Gasteiger charge is 2.22. The van der Waals surface area contributed by atoms with Gasteiger partial charge in [0, 0.05) is 11.9 Å². The van der Waals surface area contributed by atoms with Gasteiger partial charge in [0.1, 0.15) is 17.7 Å². The number of carboxylic acids is 1. The van der Waals surface area contributed by atoms with Crippen molar-refractivity contribution in [1.82, 2.24) is 4.90 Å². The molecule has 1 amide bonds. The number of hydrogen-bond donors (Lipinski definition) is 1. The first-order chi connectivity index (χ1) is 12.5. The Hall–Kier alpha value is -3.15. The molecule has 0 aliphatic rings. The Balaban J connectivity index is 2.11. The predicted octanol–water partition coefficient (Wildman–Crippen LogP) is 3.27. The number of carbonyl (C=O) groups is 2. The van der Waals surface area contributed by atoms with E-state index in [0.717, 1.165) is 17.2 Å². The van der Waals surface area contributed by atoms with Crippen molar-refractivity contribution in [2.24, 2.45) is 0 Å². The monoisotopic (exact) mass is 353 g/mol. The van der Waals surface area contributed by atoms with Crippen LogP contribution < -0.4 is 5.63 Å². The summed E-state index contributed by atoms with van der Waals surface area (Å²) in [6, 6.07) is 12.6. The molecule has 0 saturated heterocycles. The molecule has 0 saturated carbocycles. The van der Waals surface area contributed by atoms with Crippen LogP contribution in [0.1, 0.15) is 30.1 Å². The number of fused-ring (bicyclic) bond motifs is 3. The van der Waals surface area contributed by atoms with E-state index in [4.69, 9.17) is 9.52 Å². The Morgan fingerprint density at radius 3 is 2.62 bits per heavy atom. The van der Waals surface area contributed by atoms with Crippen LogP contribution in [-0.2, 0) is 4.79 Å². The number of aliphatic carboxylic acids is 1. The SMILES string of the molecule is CCCCN(CC(=O)O)C(=O)c1cc2c(ccc3ccccc32)oc1=O. The van der Waals surface area contributed by atoms with Gasteiger partial charge in [-0.2, -0.15) is 0 Å². The Morgan fingerprint density at radius 1 is 1.12 bits per heavy atom. The first kappa shape index (κ1) is 17.7. The molecule has 0 aliphatic heterocycles. The number of carboxylic acid groups (broad SMARTS) is 1. The minimum Gasteiger partial charge on any atom is -0.480 e. The molecule has 0 aliphatic carbocycles. The second kappa shape index (κ2) is 7.39. The van der Waals surface area contributed by atoms with Crippen LogP contribution in [0.15, 0.2) is 51.7 Å². The molecule has 26 heavy (non-hydrogen) atoms. The van der Waals surface area contributed by atoms with Gasteiger partial charge in [-0.05, 0) is 29.3 Å². The molecule has 134 valence electrons. The molecule has 1 heterocycles. The number of nitrogens with zero attached hydrogens (tertiary/aromatic N) is 1. The molecule has 0 radical (unpaired) electrons. The van der Waals surface area contributed by atoms with E-state index in [2.05, 4.69) is 0 Å². The van der Waals surface area contributed by atoms with Crippen LogP contribution in [0.4, 0.5) is 0 Å². The van der Waals surface area contributed by atoms with Crippen LogP contribution in [0.3, 0.4) is 0 Å². The first-order valence-corrected chi connectivity index (χ1v) is 8.48. The Morgan fingerprint density at radius 2 is 1.88 bits per heavy atom. The summed E-state index contributed by atoms with van der Waals surface area (Å²) in [6.45, 7) is 1.76. The fraction of sp³-hybridized carbons (Fsp3) is 0.250. The van der Waals surface area contributed by atoms with Gasteiger partial charge in [0.2, 0.25) is 0 Å². The minimum atomic E-state index is -1.12. The fourth-order valence-electron chi connectivity index (χ4n) is 2.96. The van der Waals surface area contributed by atoms with E-state index in [1.165, 1.54) is 11.0 Å². The summed E-state index contributed by atoms with van der Waals surface area (Å²) in [5.74, 6) is -1.74. The molecule has 1 N–H and O–H groups in total. The van der Waals surface area contributed by atoms with Crippen LogP contribution in [0.25, 0.3) is 21.7 Å². The molecule has 0 atom stereocenters. The number of hydrogen-bond acceptors (Lipinski definition) is 4. The number of carbonyl (C=O) groups excluding carboxylic acids is 1. The van der Waals surface area contributed by atoms with Gasteiger partial charge in [0.05, 0.1) is 0 Å². The largest absolute Gasteiger partial charge is 0.480 e. The molecule has 0 spiro atoms. The van der Waals surface area contributed by atoms with Gasteiger partial charge in [-0.3, -0.25) is 9.59 Å². The van der Waals surface area contributed by atoms with Gasteiger partial charge in [0.15, 0.2) is 0 Å². The van der Waals surface area contributed by atoms with Crippen LogP contribution in [0.5, 0.6) is 0 Å². The van der Waals surface area contributed by atoms with E-state index in [9.17, 15) is 14.4 Å². The number of amides is 1. The number of benzene rings is 2. The van der Waals surface area contributed by atoms with Crippen molar-refractivity contribution < 1.29 is 19.1 Å². The molecule has 3 aromatic rings. The maximum Gasteiger partial charge on any atom is 0.349 e. The summed E-state index contributed by atoms with van der Waals surface area (Å²) in [4.78, 5) is 37.4. The molecule has 0 bridgehead atoms. The third-order valence-corrected chi connectivity index (χ3v) is 4.27. The lowest BCUT2D eigenvalue weighted by Gasteiger charge is -2.20. The van der Waals surface area contributed by atoms with Crippen molar-refractivity contribution >= 4 is 33.6 Å². The molecule has 2 aromatic carbocycles. The molecule has 6 nitrogen and oxygen atoms in total. The summed E-state index contributed by atoms with van der Waals surface area (Å²) < 4.78 is 5.33. The number of rotatable bonds is 6. The Kier molecular flexibility index (Phi) is 5.02. The summed E-state index contributed by atoms with van der Waals surface area (Å²) in [5.41, 5.74) is -0.514. The zero-order valence-electron chi connectivity index (χ0n) is 14.4. The second-order valence-corrected chi connectivity index (χ2v) is 6.12. The standard InChI is InChI=1S/C20H19NO5/c1-2-3-10-21(12-18(22)23)19(24)16-11-15-14-7-5-4-6-13(14)8-9-17(15)26-20(16)25/h4-9,11H,2-3,10,12H2,1H3,(H,22,23). The van der Waals surface area contributed by atoms with Gasteiger partial charge >= 0.3 is 11.6 Å². The molecule has 0 fully saturated rings. The highest BCUT2D eigenvalue weighted by molar-refractivity contribution is 6.08. The Bertz CT molecular complexity index is 1040. The third kappa shape index (κ3) is 3.44. The lowest BCUT2D eigenvalue weighted by molar-refractivity contribution is -0.137. The van der Waals surface area contributed by atoms with E-state index < -0.39 is 24.0 Å². The van der Waals surface area contributed by atoms with Crippen LogP contribution in [-0.4, -0.2) is 35.0 Å².